The van der Waals surface area contributed by atoms with Crippen molar-refractivity contribution in [1.82, 2.24) is 14.1 Å². The van der Waals surface area contributed by atoms with Crippen LogP contribution in [0.1, 0.15) is 5.82 Å². The normalized spacial score (nSPS) is 10.6. The molecule has 0 fully saturated rings. The van der Waals surface area contributed by atoms with Gasteiger partial charge in [-0.15, -0.1) is 0 Å². The van der Waals surface area contributed by atoms with E-state index in [0.717, 1.165) is 0 Å². The van der Waals surface area contributed by atoms with Crippen LogP contribution in [0.4, 0.5) is 5.69 Å². The van der Waals surface area contributed by atoms with Gasteiger partial charge in [-0.05, 0) is 35.6 Å². The zero-order valence-electron chi connectivity index (χ0n) is 10.3. The molecular weight excluding hydrogens is 359 g/mol. The van der Waals surface area contributed by atoms with Gasteiger partial charge >= 0.3 is 0 Å². The second kappa shape index (κ2) is 5.55. The minimum atomic E-state index is -0.140. The number of rotatable bonds is 3. The Morgan fingerprint density at radius 1 is 1.32 bits per heavy atom. The molecule has 100 valence electrons. The zero-order chi connectivity index (χ0) is 14.0. The van der Waals surface area contributed by atoms with Gasteiger partial charge in [0.1, 0.15) is 5.82 Å². The van der Waals surface area contributed by atoms with Crippen LogP contribution in [0.3, 0.4) is 0 Å². The van der Waals surface area contributed by atoms with Crippen molar-refractivity contribution in [1.29, 1.82) is 0 Å². The lowest BCUT2D eigenvalue weighted by Gasteiger charge is -2.11. The first-order chi connectivity index (χ1) is 8.99. The summed E-state index contributed by atoms with van der Waals surface area (Å²) < 4.78 is 3.60. The molecule has 0 amide bonds. The third-order valence-corrected chi connectivity index (χ3v) is 3.52. The number of pyridine rings is 1. The van der Waals surface area contributed by atoms with Gasteiger partial charge < -0.3 is 10.3 Å². The molecule has 7 heteroatoms. The van der Waals surface area contributed by atoms with Crippen LogP contribution in [0.25, 0.3) is 0 Å². The topological polar surface area (TPSA) is 82.9 Å². The molecule has 0 aliphatic carbocycles. The maximum absolute atomic E-state index is 12.0. The number of aryl methyl sites for hydroxylation is 2. The molecule has 2 heterocycles. The van der Waals surface area contributed by atoms with Crippen molar-refractivity contribution >= 4 is 28.3 Å². The molecule has 0 aliphatic rings. The number of halogens is 1. The number of nitrogens with two attached hydrogens (primary N) is 1. The van der Waals surface area contributed by atoms with Gasteiger partial charge in [0.15, 0.2) is 0 Å². The summed E-state index contributed by atoms with van der Waals surface area (Å²) in [6.07, 6.45) is 3.12. The van der Waals surface area contributed by atoms with E-state index in [1.807, 2.05) is 22.6 Å². The van der Waals surface area contributed by atoms with E-state index in [9.17, 15) is 9.59 Å². The van der Waals surface area contributed by atoms with Crippen LogP contribution >= 0.6 is 22.6 Å². The molecule has 2 aromatic heterocycles. The number of hydrogen-bond donors (Lipinski definition) is 1. The second-order valence-electron chi connectivity index (χ2n) is 4.10. The number of nitrogens with zero attached hydrogens (tertiary/aromatic N) is 3. The number of aromatic nitrogens is 3. The number of nitrogen functional groups attached to an aromatic ring is 1. The van der Waals surface area contributed by atoms with Gasteiger partial charge in [0, 0.05) is 37.2 Å². The summed E-state index contributed by atoms with van der Waals surface area (Å²) in [6.45, 7) is 2.53. The second-order valence-corrected chi connectivity index (χ2v) is 5.27. The number of anilines is 1. The van der Waals surface area contributed by atoms with Crippen molar-refractivity contribution < 1.29 is 0 Å². The van der Waals surface area contributed by atoms with Crippen LogP contribution in [0.2, 0.25) is 0 Å². The molecule has 0 saturated heterocycles. The summed E-state index contributed by atoms with van der Waals surface area (Å²) in [5.74, 6) is 0.627. The van der Waals surface area contributed by atoms with E-state index < -0.39 is 0 Å². The molecule has 0 saturated carbocycles. The Balaban J connectivity index is 2.29. The summed E-state index contributed by atoms with van der Waals surface area (Å²) in [5.41, 5.74) is 5.92. The van der Waals surface area contributed by atoms with E-state index in [0.29, 0.717) is 28.2 Å². The summed E-state index contributed by atoms with van der Waals surface area (Å²) in [5, 5.41) is 0. The molecular formula is C12H13IN4O2. The third kappa shape index (κ3) is 3.03. The lowest BCUT2D eigenvalue weighted by atomic mass is 10.4. The van der Waals surface area contributed by atoms with E-state index in [4.69, 9.17) is 5.73 Å². The van der Waals surface area contributed by atoms with E-state index in [2.05, 4.69) is 4.98 Å². The van der Waals surface area contributed by atoms with Gasteiger partial charge in [0.25, 0.3) is 11.1 Å². The highest BCUT2D eigenvalue weighted by molar-refractivity contribution is 14.1. The van der Waals surface area contributed by atoms with Crippen molar-refractivity contribution in [3.63, 3.8) is 0 Å². The maximum atomic E-state index is 12.0. The van der Waals surface area contributed by atoms with Crippen molar-refractivity contribution in [3.8, 4) is 0 Å². The average molecular weight is 372 g/mol. The smallest absolute Gasteiger partial charge is 0.266 e. The summed E-state index contributed by atoms with van der Waals surface area (Å²) >= 11 is 1.95. The molecule has 0 radical (unpaired) electrons. The van der Waals surface area contributed by atoms with Crippen molar-refractivity contribution in [2.75, 3.05) is 5.73 Å². The molecule has 0 aromatic carbocycles. The lowest BCUT2D eigenvalue weighted by Crippen LogP contribution is -2.29. The highest BCUT2D eigenvalue weighted by Crippen LogP contribution is 2.00. The van der Waals surface area contributed by atoms with Gasteiger partial charge in [0.05, 0.1) is 3.57 Å². The van der Waals surface area contributed by atoms with Crippen LogP contribution in [-0.4, -0.2) is 14.1 Å². The first-order valence-corrected chi connectivity index (χ1v) is 6.75. The van der Waals surface area contributed by atoms with Gasteiger partial charge in [-0.25, -0.2) is 4.98 Å². The Kier molecular flexibility index (Phi) is 4.03. The molecule has 2 N–H and O–H groups in total. The molecule has 0 spiro atoms. The molecule has 2 rings (SSSR count). The van der Waals surface area contributed by atoms with Crippen LogP contribution in [0, 0.1) is 10.5 Å². The quantitative estimate of drug-likeness (QED) is 0.800. The molecule has 19 heavy (non-hydrogen) atoms. The molecule has 0 bridgehead atoms. The van der Waals surface area contributed by atoms with E-state index in [1.165, 1.54) is 10.6 Å². The molecule has 0 unspecified atom stereocenters. The Morgan fingerprint density at radius 3 is 2.79 bits per heavy atom. The van der Waals surface area contributed by atoms with E-state index in [1.54, 1.807) is 30.0 Å². The zero-order valence-corrected chi connectivity index (χ0v) is 12.5. The van der Waals surface area contributed by atoms with Crippen LogP contribution in [-0.2, 0) is 13.1 Å². The van der Waals surface area contributed by atoms with Crippen LogP contribution in [0.5, 0.6) is 0 Å². The van der Waals surface area contributed by atoms with Crippen LogP contribution < -0.4 is 16.9 Å². The largest absolute Gasteiger partial charge is 0.398 e. The molecule has 2 aromatic rings. The van der Waals surface area contributed by atoms with E-state index >= 15 is 0 Å². The fraction of sp³-hybridized carbons (Fsp3) is 0.250. The Morgan fingerprint density at radius 2 is 2.05 bits per heavy atom. The lowest BCUT2D eigenvalue weighted by molar-refractivity contribution is 0.533. The average Bonchev–Trinajstić information content (AvgIpc) is 2.38. The van der Waals surface area contributed by atoms with Crippen molar-refractivity contribution in [3.05, 3.63) is 54.6 Å². The predicted molar refractivity (Wildman–Crippen MR) is 81.1 cm³/mol. The minimum absolute atomic E-state index is 0.0925. The first kappa shape index (κ1) is 13.8. The van der Waals surface area contributed by atoms with Crippen LogP contribution in [0.15, 0.2) is 34.1 Å². The Hall–Kier alpha value is -1.64. The van der Waals surface area contributed by atoms with Gasteiger partial charge in [0.2, 0.25) is 0 Å². The Labute approximate surface area is 123 Å². The SMILES string of the molecule is Cc1ncc(I)c(=O)n1CCn1cc(N)ccc1=O. The molecule has 0 atom stereocenters. The monoisotopic (exact) mass is 372 g/mol. The summed E-state index contributed by atoms with van der Waals surface area (Å²) in [6, 6.07) is 2.97. The standard InChI is InChI=1S/C12H13IN4O2/c1-8-15-6-10(13)12(19)17(8)5-4-16-7-9(14)2-3-11(16)18/h2-3,6-7H,4-5,14H2,1H3. The molecule has 0 aliphatic heterocycles. The van der Waals surface area contributed by atoms with Gasteiger partial charge in [-0.2, -0.15) is 0 Å². The van der Waals surface area contributed by atoms with Crippen molar-refractivity contribution in [2.24, 2.45) is 0 Å². The predicted octanol–water partition coefficient (Wildman–Crippen LogP) is 0.600. The maximum Gasteiger partial charge on any atom is 0.266 e. The first-order valence-electron chi connectivity index (χ1n) is 5.67. The fourth-order valence-corrected chi connectivity index (χ4v) is 2.18. The highest BCUT2D eigenvalue weighted by atomic mass is 127. The summed E-state index contributed by atoms with van der Waals surface area (Å²) in [7, 11) is 0. The molecule has 6 nitrogen and oxygen atoms in total. The van der Waals surface area contributed by atoms with E-state index in [-0.39, 0.29) is 11.1 Å². The minimum Gasteiger partial charge on any atom is -0.398 e. The summed E-state index contributed by atoms with van der Waals surface area (Å²) in [4.78, 5) is 27.7. The fourth-order valence-electron chi connectivity index (χ4n) is 1.75. The van der Waals surface area contributed by atoms with Gasteiger partial charge in [-0.3, -0.25) is 14.2 Å². The highest BCUT2D eigenvalue weighted by Gasteiger charge is 2.06. The third-order valence-electron chi connectivity index (χ3n) is 2.78. The van der Waals surface area contributed by atoms with Crippen molar-refractivity contribution in [2.45, 2.75) is 20.0 Å². The Bertz CT molecular complexity index is 720. The number of hydrogen-bond acceptors (Lipinski definition) is 4. The van der Waals surface area contributed by atoms with Gasteiger partial charge in [-0.1, -0.05) is 0 Å².